The normalized spacial score (nSPS) is 17.5. The summed E-state index contributed by atoms with van der Waals surface area (Å²) < 4.78 is 4.18. The van der Waals surface area contributed by atoms with Crippen LogP contribution in [0.15, 0.2) is 22.7 Å². The summed E-state index contributed by atoms with van der Waals surface area (Å²) in [5, 5.41) is 0. The monoisotopic (exact) mass is 310 g/mol. The fourth-order valence-corrected chi connectivity index (χ4v) is 3.23. The molecule has 0 bridgehead atoms. The molecule has 0 spiro atoms. The van der Waals surface area contributed by atoms with Gasteiger partial charge in [0, 0.05) is 10.5 Å². The molecule has 0 aliphatic heterocycles. The Kier molecular flexibility index (Phi) is 2.87. The number of imidazole rings is 1. The van der Waals surface area contributed by atoms with Crippen molar-refractivity contribution in [3.63, 3.8) is 0 Å². The molecule has 1 aliphatic carbocycles. The van der Waals surface area contributed by atoms with Crippen molar-refractivity contribution in [2.24, 2.45) is 5.92 Å². The molecule has 1 unspecified atom stereocenters. The predicted molar refractivity (Wildman–Crippen MR) is 76.9 cm³/mol. The highest BCUT2D eigenvalue weighted by atomic mass is 79.9. The Balaban J connectivity index is 2.07. The number of hydrogen-bond acceptors (Lipinski definition) is 1. The van der Waals surface area contributed by atoms with Gasteiger partial charge in [-0.1, -0.05) is 28.8 Å². The summed E-state index contributed by atoms with van der Waals surface area (Å²) >= 11 is 8.93. The number of H-pyrrole nitrogens is 1. The zero-order valence-electron chi connectivity index (χ0n) is 9.74. The van der Waals surface area contributed by atoms with E-state index in [4.69, 9.17) is 12.2 Å². The van der Waals surface area contributed by atoms with E-state index in [1.807, 2.05) is 0 Å². The Morgan fingerprint density at radius 2 is 2.29 bits per heavy atom. The van der Waals surface area contributed by atoms with Crippen LogP contribution in [0.1, 0.15) is 32.2 Å². The number of fused-ring (bicyclic) bond motifs is 1. The maximum absolute atomic E-state index is 5.44. The minimum absolute atomic E-state index is 0.491. The van der Waals surface area contributed by atoms with Gasteiger partial charge in [0.2, 0.25) is 0 Å². The molecule has 4 heteroatoms. The minimum atomic E-state index is 0.491. The van der Waals surface area contributed by atoms with Crippen molar-refractivity contribution in [1.82, 2.24) is 9.55 Å². The highest BCUT2D eigenvalue weighted by Crippen LogP contribution is 2.37. The molecule has 90 valence electrons. The number of nitrogens with one attached hydrogen (secondary N) is 1. The van der Waals surface area contributed by atoms with Crippen LogP contribution in [0.4, 0.5) is 0 Å². The van der Waals surface area contributed by atoms with E-state index < -0.39 is 0 Å². The van der Waals surface area contributed by atoms with Crippen molar-refractivity contribution >= 4 is 39.2 Å². The Hall–Kier alpha value is -0.610. The van der Waals surface area contributed by atoms with Gasteiger partial charge < -0.3 is 9.55 Å². The fraction of sp³-hybridized carbons (Fsp3) is 0.462. The number of halogens is 1. The smallest absolute Gasteiger partial charge is 0.178 e. The van der Waals surface area contributed by atoms with Gasteiger partial charge in [-0.15, -0.1) is 0 Å². The van der Waals surface area contributed by atoms with Crippen molar-refractivity contribution in [3.05, 3.63) is 27.4 Å². The van der Waals surface area contributed by atoms with Crippen molar-refractivity contribution in [1.29, 1.82) is 0 Å². The topological polar surface area (TPSA) is 20.7 Å². The average Bonchev–Trinajstić information content (AvgIpc) is 2.99. The third-order valence-electron chi connectivity index (χ3n) is 3.49. The van der Waals surface area contributed by atoms with Crippen molar-refractivity contribution in [2.45, 2.75) is 32.2 Å². The van der Waals surface area contributed by atoms with Gasteiger partial charge in [0.1, 0.15) is 0 Å². The van der Waals surface area contributed by atoms with E-state index >= 15 is 0 Å². The molecule has 1 N–H and O–H groups in total. The number of benzene rings is 1. The summed E-state index contributed by atoms with van der Waals surface area (Å²) in [6, 6.07) is 6.79. The van der Waals surface area contributed by atoms with Crippen molar-refractivity contribution in [2.75, 3.05) is 0 Å². The number of hydrogen-bond donors (Lipinski definition) is 1. The molecule has 3 rings (SSSR count). The van der Waals surface area contributed by atoms with E-state index in [1.165, 1.54) is 24.8 Å². The standard InChI is InChI=1S/C13H15BrN2S/c1-8(6-9-2-3-9)16-12-5-4-10(14)7-11(12)15-13(16)17/h4-5,7-9H,2-3,6H2,1H3,(H,15,17). The van der Waals surface area contributed by atoms with Gasteiger partial charge in [0.05, 0.1) is 11.0 Å². The first kappa shape index (κ1) is 11.5. The zero-order chi connectivity index (χ0) is 12.0. The van der Waals surface area contributed by atoms with Gasteiger partial charge in [0.25, 0.3) is 0 Å². The van der Waals surface area contributed by atoms with E-state index in [1.54, 1.807) is 0 Å². The van der Waals surface area contributed by atoms with E-state index in [0.717, 1.165) is 20.7 Å². The molecule has 0 saturated heterocycles. The summed E-state index contributed by atoms with van der Waals surface area (Å²) in [5.74, 6) is 0.923. The lowest BCUT2D eigenvalue weighted by molar-refractivity contribution is 0.483. The largest absolute Gasteiger partial charge is 0.331 e. The number of aromatic nitrogens is 2. The minimum Gasteiger partial charge on any atom is -0.331 e. The van der Waals surface area contributed by atoms with E-state index in [9.17, 15) is 0 Å². The SMILES string of the molecule is CC(CC1CC1)n1c(=S)[nH]c2cc(Br)ccc21. The maximum Gasteiger partial charge on any atom is 0.178 e. The van der Waals surface area contributed by atoms with Crippen LogP contribution in [-0.2, 0) is 0 Å². The number of aromatic amines is 1. The van der Waals surface area contributed by atoms with Crippen LogP contribution < -0.4 is 0 Å². The maximum atomic E-state index is 5.44. The van der Waals surface area contributed by atoms with Crippen molar-refractivity contribution in [3.8, 4) is 0 Å². The van der Waals surface area contributed by atoms with Gasteiger partial charge in [-0.2, -0.15) is 0 Å². The molecule has 1 aromatic heterocycles. The van der Waals surface area contributed by atoms with Crippen LogP contribution in [0.3, 0.4) is 0 Å². The Bertz CT molecular complexity index is 609. The van der Waals surface area contributed by atoms with Gasteiger partial charge in [-0.05, 0) is 49.7 Å². The molecule has 2 aromatic rings. The quantitative estimate of drug-likeness (QED) is 0.806. The third kappa shape index (κ3) is 2.20. The Labute approximate surface area is 114 Å². The molecule has 1 aromatic carbocycles. The molecule has 1 fully saturated rings. The van der Waals surface area contributed by atoms with Crippen LogP contribution in [0.2, 0.25) is 0 Å². The average molecular weight is 311 g/mol. The van der Waals surface area contributed by atoms with Crippen LogP contribution in [-0.4, -0.2) is 9.55 Å². The lowest BCUT2D eigenvalue weighted by atomic mass is 10.1. The summed E-state index contributed by atoms with van der Waals surface area (Å²) in [4.78, 5) is 3.29. The first-order valence-electron chi connectivity index (χ1n) is 6.05. The molecule has 1 atom stereocenters. The van der Waals surface area contributed by atoms with Gasteiger partial charge in [-0.3, -0.25) is 0 Å². The highest BCUT2D eigenvalue weighted by Gasteiger charge is 2.25. The Morgan fingerprint density at radius 3 is 3.00 bits per heavy atom. The van der Waals surface area contributed by atoms with Crippen LogP contribution in [0.5, 0.6) is 0 Å². The molecule has 1 saturated carbocycles. The lowest BCUT2D eigenvalue weighted by Gasteiger charge is -2.14. The predicted octanol–water partition coefficient (Wildman–Crippen LogP) is 4.82. The molecule has 0 radical (unpaired) electrons. The summed E-state index contributed by atoms with van der Waals surface area (Å²) in [6.07, 6.45) is 4.04. The lowest BCUT2D eigenvalue weighted by Crippen LogP contribution is -2.05. The molecular formula is C13H15BrN2S. The summed E-state index contributed by atoms with van der Waals surface area (Å²) in [7, 11) is 0. The summed E-state index contributed by atoms with van der Waals surface area (Å²) in [6.45, 7) is 2.27. The van der Waals surface area contributed by atoms with E-state index in [2.05, 4.69) is 50.6 Å². The molecule has 17 heavy (non-hydrogen) atoms. The van der Waals surface area contributed by atoms with Crippen molar-refractivity contribution < 1.29 is 0 Å². The number of nitrogens with zero attached hydrogens (tertiary/aromatic N) is 1. The molecule has 2 nitrogen and oxygen atoms in total. The second-order valence-corrected chi connectivity index (χ2v) is 6.29. The first-order chi connectivity index (χ1) is 8.15. The Morgan fingerprint density at radius 1 is 1.53 bits per heavy atom. The fourth-order valence-electron chi connectivity index (χ4n) is 2.48. The summed E-state index contributed by atoms with van der Waals surface area (Å²) in [5.41, 5.74) is 2.33. The molecule has 1 aliphatic rings. The second kappa shape index (κ2) is 4.25. The van der Waals surface area contributed by atoms with E-state index in [-0.39, 0.29) is 0 Å². The van der Waals surface area contributed by atoms with Gasteiger partial charge >= 0.3 is 0 Å². The van der Waals surface area contributed by atoms with E-state index in [0.29, 0.717) is 6.04 Å². The molecule has 1 heterocycles. The zero-order valence-corrected chi connectivity index (χ0v) is 12.1. The number of rotatable bonds is 3. The van der Waals surface area contributed by atoms with Gasteiger partial charge in [0.15, 0.2) is 4.77 Å². The second-order valence-electron chi connectivity index (χ2n) is 4.99. The van der Waals surface area contributed by atoms with Gasteiger partial charge in [-0.25, -0.2) is 0 Å². The highest BCUT2D eigenvalue weighted by molar-refractivity contribution is 9.10. The van der Waals surface area contributed by atoms with Crippen LogP contribution in [0.25, 0.3) is 11.0 Å². The molecular weight excluding hydrogens is 296 g/mol. The van der Waals surface area contributed by atoms with Crippen LogP contribution in [0, 0.1) is 10.7 Å². The molecule has 0 amide bonds. The third-order valence-corrected chi connectivity index (χ3v) is 4.28. The van der Waals surface area contributed by atoms with Crippen LogP contribution >= 0.6 is 28.1 Å². The first-order valence-corrected chi connectivity index (χ1v) is 7.25.